The van der Waals surface area contributed by atoms with Gasteiger partial charge in [-0.25, -0.2) is 4.79 Å². The minimum Gasteiger partial charge on any atom is -0.463 e. The van der Waals surface area contributed by atoms with E-state index < -0.39 is 11.8 Å². The third-order valence-electron chi connectivity index (χ3n) is 2.42. The van der Waals surface area contributed by atoms with Crippen LogP contribution in [0.3, 0.4) is 0 Å². The summed E-state index contributed by atoms with van der Waals surface area (Å²) in [6, 6.07) is 0. The lowest BCUT2D eigenvalue weighted by atomic mass is 10.1. The Morgan fingerprint density at radius 1 is 0.933 bits per heavy atom. The summed E-state index contributed by atoms with van der Waals surface area (Å²) in [7, 11) is 1.24. The fraction of sp³-hybridized carbons (Fsp3) is 0.833. The molecule has 0 fully saturated rings. The Kier molecular flexibility index (Phi) is 9.13. The first-order valence-corrected chi connectivity index (χ1v) is 5.83. The van der Waals surface area contributed by atoms with Gasteiger partial charge in [-0.15, -0.1) is 0 Å². The Morgan fingerprint density at radius 3 is 2.00 bits per heavy atom. The number of esters is 1. The monoisotopic (exact) mass is 214 g/mol. The van der Waals surface area contributed by atoms with Crippen molar-refractivity contribution in [3.8, 4) is 0 Å². The molecule has 3 heteroatoms. The number of carbonyl (C=O) groups excluding carboxylic acids is 2. The molecule has 0 unspecified atom stereocenters. The van der Waals surface area contributed by atoms with E-state index in [1.165, 1.54) is 32.8 Å². The molecule has 0 aliphatic carbocycles. The highest BCUT2D eigenvalue weighted by Crippen LogP contribution is 2.08. The molecule has 88 valence electrons. The van der Waals surface area contributed by atoms with Gasteiger partial charge in [0.2, 0.25) is 5.78 Å². The molecule has 0 rings (SSSR count). The van der Waals surface area contributed by atoms with Crippen molar-refractivity contribution in [2.75, 3.05) is 7.11 Å². The Bertz CT molecular complexity index is 187. The van der Waals surface area contributed by atoms with Gasteiger partial charge in [0.1, 0.15) is 0 Å². The molecule has 0 radical (unpaired) electrons. The standard InChI is InChI=1S/C12H22O3/c1-3-4-5-6-7-8-9-10-11(13)12(14)15-2/h3-10H2,1-2H3. The van der Waals surface area contributed by atoms with Gasteiger partial charge in [-0.3, -0.25) is 4.79 Å². The van der Waals surface area contributed by atoms with Crippen molar-refractivity contribution < 1.29 is 14.3 Å². The number of unbranched alkanes of at least 4 members (excludes halogenated alkanes) is 6. The molecule has 0 saturated heterocycles. The van der Waals surface area contributed by atoms with Crippen LogP contribution in [0, 0.1) is 0 Å². The summed E-state index contributed by atoms with van der Waals surface area (Å²) in [6.45, 7) is 2.19. The van der Waals surface area contributed by atoms with E-state index in [4.69, 9.17) is 0 Å². The maximum Gasteiger partial charge on any atom is 0.374 e. The van der Waals surface area contributed by atoms with Gasteiger partial charge in [-0.2, -0.15) is 0 Å². The number of hydrogen-bond acceptors (Lipinski definition) is 3. The maximum absolute atomic E-state index is 11.0. The van der Waals surface area contributed by atoms with Crippen LogP contribution in [0.5, 0.6) is 0 Å². The normalized spacial score (nSPS) is 10.0. The molecule has 0 heterocycles. The number of Topliss-reactive ketones (excluding diaryl/α,β-unsaturated/α-hetero) is 1. The summed E-state index contributed by atoms with van der Waals surface area (Å²) in [5, 5.41) is 0. The number of hydrogen-bond donors (Lipinski definition) is 0. The molecule has 0 bridgehead atoms. The molecule has 0 N–H and O–H groups in total. The highest BCUT2D eigenvalue weighted by Gasteiger charge is 2.12. The van der Waals surface area contributed by atoms with Gasteiger partial charge in [0, 0.05) is 6.42 Å². The maximum atomic E-state index is 11.0. The van der Waals surface area contributed by atoms with Crippen LogP contribution < -0.4 is 0 Å². The smallest absolute Gasteiger partial charge is 0.374 e. The second kappa shape index (κ2) is 9.69. The van der Waals surface area contributed by atoms with Crippen molar-refractivity contribution in [2.45, 2.75) is 58.3 Å². The van der Waals surface area contributed by atoms with Crippen molar-refractivity contribution in [2.24, 2.45) is 0 Å². The summed E-state index contributed by atoms with van der Waals surface area (Å²) in [6.07, 6.45) is 8.39. The van der Waals surface area contributed by atoms with E-state index in [0.29, 0.717) is 6.42 Å². The zero-order valence-electron chi connectivity index (χ0n) is 9.88. The molecule has 0 aliphatic rings. The van der Waals surface area contributed by atoms with Crippen molar-refractivity contribution in [3.63, 3.8) is 0 Å². The predicted octanol–water partition coefficient (Wildman–Crippen LogP) is 2.87. The highest BCUT2D eigenvalue weighted by molar-refractivity contribution is 6.33. The first kappa shape index (κ1) is 14.1. The first-order valence-electron chi connectivity index (χ1n) is 5.83. The Morgan fingerprint density at radius 2 is 1.47 bits per heavy atom. The fourth-order valence-electron chi connectivity index (χ4n) is 1.46. The summed E-state index contributed by atoms with van der Waals surface area (Å²) >= 11 is 0. The molecule has 0 aromatic heterocycles. The van der Waals surface area contributed by atoms with Crippen molar-refractivity contribution in [3.05, 3.63) is 0 Å². The van der Waals surface area contributed by atoms with Crippen LogP contribution in [-0.4, -0.2) is 18.9 Å². The minimum absolute atomic E-state index is 0.334. The van der Waals surface area contributed by atoms with Crippen molar-refractivity contribution >= 4 is 11.8 Å². The number of rotatable bonds is 9. The average molecular weight is 214 g/mol. The van der Waals surface area contributed by atoms with E-state index in [1.54, 1.807) is 0 Å². The van der Waals surface area contributed by atoms with Crippen LogP contribution in [-0.2, 0) is 14.3 Å². The summed E-state index contributed by atoms with van der Waals surface area (Å²) < 4.78 is 4.33. The van der Waals surface area contributed by atoms with Crippen molar-refractivity contribution in [1.82, 2.24) is 0 Å². The molecule has 15 heavy (non-hydrogen) atoms. The van der Waals surface area contributed by atoms with Crippen LogP contribution in [0.4, 0.5) is 0 Å². The van der Waals surface area contributed by atoms with Crippen molar-refractivity contribution in [1.29, 1.82) is 0 Å². The number of ketones is 1. The lowest BCUT2D eigenvalue weighted by Crippen LogP contribution is -2.14. The third-order valence-corrected chi connectivity index (χ3v) is 2.42. The van der Waals surface area contributed by atoms with Gasteiger partial charge in [0.15, 0.2) is 0 Å². The summed E-state index contributed by atoms with van der Waals surface area (Å²) in [5.41, 5.74) is 0. The zero-order valence-corrected chi connectivity index (χ0v) is 9.88. The SMILES string of the molecule is CCCCCCCCCC(=O)C(=O)OC. The summed E-state index contributed by atoms with van der Waals surface area (Å²) in [4.78, 5) is 21.8. The van der Waals surface area contributed by atoms with E-state index in [9.17, 15) is 9.59 Å². The van der Waals surface area contributed by atoms with Gasteiger partial charge in [-0.05, 0) is 6.42 Å². The quantitative estimate of drug-likeness (QED) is 0.337. The molecule has 0 aliphatic heterocycles. The molecular formula is C12H22O3. The molecule has 0 amide bonds. The van der Waals surface area contributed by atoms with E-state index in [2.05, 4.69) is 11.7 Å². The van der Waals surface area contributed by atoms with E-state index in [0.717, 1.165) is 19.3 Å². The molecule has 0 aromatic rings. The highest BCUT2D eigenvalue weighted by atomic mass is 16.5. The van der Waals surface area contributed by atoms with Gasteiger partial charge in [0.05, 0.1) is 7.11 Å². The second-order valence-electron chi connectivity index (χ2n) is 3.79. The predicted molar refractivity (Wildman–Crippen MR) is 59.6 cm³/mol. The number of carbonyl (C=O) groups is 2. The van der Waals surface area contributed by atoms with Crippen LogP contribution in [0.15, 0.2) is 0 Å². The number of methoxy groups -OCH3 is 1. The van der Waals surface area contributed by atoms with Crippen LogP contribution in [0.2, 0.25) is 0 Å². The van der Waals surface area contributed by atoms with Crippen LogP contribution in [0.1, 0.15) is 58.3 Å². The molecule has 0 aromatic carbocycles. The van der Waals surface area contributed by atoms with E-state index >= 15 is 0 Å². The topological polar surface area (TPSA) is 43.4 Å². The Hall–Kier alpha value is -0.860. The number of ether oxygens (including phenoxy) is 1. The molecule has 3 nitrogen and oxygen atoms in total. The van der Waals surface area contributed by atoms with Gasteiger partial charge in [0.25, 0.3) is 0 Å². The molecular weight excluding hydrogens is 192 g/mol. The first-order chi connectivity index (χ1) is 7.22. The average Bonchev–Trinajstić information content (AvgIpc) is 2.26. The summed E-state index contributed by atoms with van der Waals surface area (Å²) in [5.74, 6) is -1.10. The zero-order chi connectivity index (χ0) is 11.5. The fourth-order valence-corrected chi connectivity index (χ4v) is 1.46. The lowest BCUT2D eigenvalue weighted by Gasteiger charge is -2.00. The van der Waals surface area contributed by atoms with Gasteiger partial charge >= 0.3 is 5.97 Å². The van der Waals surface area contributed by atoms with E-state index in [-0.39, 0.29) is 0 Å². The molecule has 0 saturated carbocycles. The van der Waals surface area contributed by atoms with Gasteiger partial charge < -0.3 is 4.74 Å². The Balaban J connectivity index is 3.24. The molecule has 0 atom stereocenters. The lowest BCUT2D eigenvalue weighted by molar-refractivity contribution is -0.151. The van der Waals surface area contributed by atoms with E-state index in [1.807, 2.05) is 0 Å². The second-order valence-corrected chi connectivity index (χ2v) is 3.79. The van der Waals surface area contributed by atoms with Crippen LogP contribution >= 0.6 is 0 Å². The largest absolute Gasteiger partial charge is 0.463 e. The van der Waals surface area contributed by atoms with Gasteiger partial charge in [-0.1, -0.05) is 45.4 Å². The minimum atomic E-state index is -0.707. The molecule has 0 spiro atoms. The third kappa shape index (κ3) is 8.16. The Labute approximate surface area is 92.2 Å². The van der Waals surface area contributed by atoms with Crippen LogP contribution in [0.25, 0.3) is 0 Å².